The average Bonchev–Trinajstić information content (AvgIpc) is 3.31. The van der Waals surface area contributed by atoms with E-state index in [1.54, 1.807) is 6.92 Å². The number of amides is 2. The fraction of sp³-hybridized carbons (Fsp3) is 0.565. The first kappa shape index (κ1) is 24.5. The zero-order valence-electron chi connectivity index (χ0n) is 19.4. The third kappa shape index (κ3) is 7.18. The van der Waals surface area contributed by atoms with Gasteiger partial charge < -0.3 is 19.0 Å². The molecule has 1 N–H and O–H groups in total. The van der Waals surface area contributed by atoms with Crippen molar-refractivity contribution in [3.05, 3.63) is 36.0 Å². The maximum atomic E-state index is 11.5. The standard InChI is InChI=1S/C23H33N5O5/c1-3-4-5-6-19(15-28(31)17-29)23-25-24-22(33-23)16-32-21-9-7-20(8-10-21)27-13-11-26(12-14-27)18(2)30/h7-10,17,19,31H,3-6,11-16H2,1-2H3. The van der Waals surface area contributed by atoms with Gasteiger partial charge in [-0.15, -0.1) is 10.2 Å². The minimum Gasteiger partial charge on any atom is -0.484 e. The van der Waals surface area contributed by atoms with E-state index in [1.807, 2.05) is 29.2 Å². The molecule has 3 rings (SSSR count). The number of unbranched alkanes of at least 4 members (excludes halogenated alkanes) is 2. The maximum Gasteiger partial charge on any atom is 0.253 e. The summed E-state index contributed by atoms with van der Waals surface area (Å²) in [6.45, 7) is 7.02. The van der Waals surface area contributed by atoms with Crippen LogP contribution in [0.15, 0.2) is 28.7 Å². The molecule has 0 spiro atoms. The second kappa shape index (κ2) is 12.2. The van der Waals surface area contributed by atoms with Crippen molar-refractivity contribution in [3.8, 4) is 5.75 Å². The van der Waals surface area contributed by atoms with Crippen molar-refractivity contribution in [3.63, 3.8) is 0 Å². The Morgan fingerprint density at radius 1 is 1.21 bits per heavy atom. The van der Waals surface area contributed by atoms with Crippen LogP contribution in [-0.4, -0.2) is 70.4 Å². The van der Waals surface area contributed by atoms with E-state index < -0.39 is 0 Å². The number of rotatable bonds is 12. The zero-order chi connectivity index (χ0) is 23.6. The first-order chi connectivity index (χ1) is 16.0. The number of piperazine rings is 1. The van der Waals surface area contributed by atoms with Gasteiger partial charge in [0.25, 0.3) is 5.89 Å². The molecule has 1 aliphatic rings. The molecule has 10 heteroatoms. The summed E-state index contributed by atoms with van der Waals surface area (Å²) in [4.78, 5) is 26.4. The molecule has 180 valence electrons. The van der Waals surface area contributed by atoms with Gasteiger partial charge in [0.15, 0.2) is 6.61 Å². The first-order valence-corrected chi connectivity index (χ1v) is 11.5. The highest BCUT2D eigenvalue weighted by molar-refractivity contribution is 5.73. The van der Waals surface area contributed by atoms with Gasteiger partial charge in [0.1, 0.15) is 5.75 Å². The lowest BCUT2D eigenvalue weighted by Gasteiger charge is -2.35. The molecular formula is C23H33N5O5. The van der Waals surface area contributed by atoms with Crippen LogP contribution in [0.2, 0.25) is 0 Å². The Hall–Kier alpha value is -3.14. The smallest absolute Gasteiger partial charge is 0.253 e. The number of carbonyl (C=O) groups excluding carboxylic acids is 2. The lowest BCUT2D eigenvalue weighted by atomic mass is 10.0. The summed E-state index contributed by atoms with van der Waals surface area (Å²) in [5.41, 5.74) is 1.09. The second-order valence-corrected chi connectivity index (χ2v) is 8.23. The van der Waals surface area contributed by atoms with E-state index in [1.165, 1.54) is 0 Å². The van der Waals surface area contributed by atoms with Crippen LogP contribution in [0.5, 0.6) is 5.75 Å². The number of hydrogen-bond acceptors (Lipinski definition) is 8. The first-order valence-electron chi connectivity index (χ1n) is 11.5. The van der Waals surface area contributed by atoms with Crippen molar-refractivity contribution in [2.24, 2.45) is 0 Å². The van der Waals surface area contributed by atoms with Crippen LogP contribution >= 0.6 is 0 Å². The lowest BCUT2D eigenvalue weighted by molar-refractivity contribution is -0.151. The molecule has 0 saturated carbocycles. The summed E-state index contributed by atoms with van der Waals surface area (Å²) in [5.74, 6) is 1.31. The Labute approximate surface area is 194 Å². The number of hydrogen-bond donors (Lipinski definition) is 1. The van der Waals surface area contributed by atoms with Gasteiger partial charge in [-0.05, 0) is 30.7 Å². The monoisotopic (exact) mass is 459 g/mol. The minimum absolute atomic E-state index is 0.109. The molecule has 1 fully saturated rings. The molecule has 1 unspecified atom stereocenters. The Morgan fingerprint density at radius 3 is 2.58 bits per heavy atom. The highest BCUT2D eigenvalue weighted by Crippen LogP contribution is 2.24. The minimum atomic E-state index is -0.226. The highest BCUT2D eigenvalue weighted by atomic mass is 16.5. The fourth-order valence-corrected chi connectivity index (χ4v) is 3.87. The Balaban J connectivity index is 1.52. The third-order valence-electron chi connectivity index (χ3n) is 5.81. The maximum absolute atomic E-state index is 11.5. The average molecular weight is 460 g/mol. The number of aromatic nitrogens is 2. The summed E-state index contributed by atoms with van der Waals surface area (Å²) in [5, 5.41) is 18.4. The molecule has 0 radical (unpaired) electrons. The predicted molar refractivity (Wildman–Crippen MR) is 121 cm³/mol. The molecule has 10 nitrogen and oxygen atoms in total. The van der Waals surface area contributed by atoms with E-state index in [-0.39, 0.29) is 25.0 Å². The van der Waals surface area contributed by atoms with E-state index in [0.717, 1.165) is 57.5 Å². The highest BCUT2D eigenvalue weighted by Gasteiger charge is 2.22. The van der Waals surface area contributed by atoms with Crippen LogP contribution in [-0.2, 0) is 16.2 Å². The molecule has 1 aliphatic heterocycles. The van der Waals surface area contributed by atoms with Crippen LogP contribution in [0.4, 0.5) is 5.69 Å². The molecule has 0 aliphatic carbocycles. The van der Waals surface area contributed by atoms with E-state index in [0.29, 0.717) is 29.0 Å². The number of anilines is 1. The molecule has 2 aromatic rings. The van der Waals surface area contributed by atoms with Crippen molar-refractivity contribution in [2.45, 2.75) is 52.1 Å². The summed E-state index contributed by atoms with van der Waals surface area (Å²) >= 11 is 0. The van der Waals surface area contributed by atoms with Crippen molar-refractivity contribution >= 4 is 18.0 Å². The molecule has 33 heavy (non-hydrogen) atoms. The zero-order valence-corrected chi connectivity index (χ0v) is 19.4. The second-order valence-electron chi connectivity index (χ2n) is 8.23. The van der Waals surface area contributed by atoms with Crippen molar-refractivity contribution in [1.82, 2.24) is 20.2 Å². The van der Waals surface area contributed by atoms with Crippen LogP contribution in [0.25, 0.3) is 0 Å². The van der Waals surface area contributed by atoms with Gasteiger partial charge in [-0.2, -0.15) is 0 Å². The quantitative estimate of drug-likeness (QED) is 0.223. The van der Waals surface area contributed by atoms with Crippen molar-refractivity contribution < 1.29 is 24.0 Å². The number of benzene rings is 1. The fourth-order valence-electron chi connectivity index (χ4n) is 3.87. The van der Waals surface area contributed by atoms with Crippen LogP contribution in [0.3, 0.4) is 0 Å². The van der Waals surface area contributed by atoms with E-state index in [2.05, 4.69) is 22.0 Å². The van der Waals surface area contributed by atoms with Crippen molar-refractivity contribution in [1.29, 1.82) is 0 Å². The van der Waals surface area contributed by atoms with E-state index >= 15 is 0 Å². The summed E-state index contributed by atoms with van der Waals surface area (Å²) in [6.07, 6.45) is 4.18. The number of ether oxygens (including phenoxy) is 1. The number of carbonyl (C=O) groups is 2. The van der Waals surface area contributed by atoms with Gasteiger partial charge in [-0.1, -0.05) is 26.2 Å². The Bertz CT molecular complexity index is 880. The number of nitrogens with zero attached hydrogens (tertiary/aromatic N) is 5. The molecule has 1 aromatic heterocycles. The Morgan fingerprint density at radius 2 is 1.94 bits per heavy atom. The van der Waals surface area contributed by atoms with Gasteiger partial charge in [0.05, 0.1) is 12.5 Å². The van der Waals surface area contributed by atoms with Crippen LogP contribution in [0.1, 0.15) is 57.2 Å². The molecule has 1 aromatic carbocycles. The Kier molecular flexibility index (Phi) is 9.05. The van der Waals surface area contributed by atoms with Gasteiger partial charge in [0, 0.05) is 38.8 Å². The van der Waals surface area contributed by atoms with Gasteiger partial charge in [-0.25, -0.2) is 5.06 Å². The van der Waals surface area contributed by atoms with Crippen LogP contribution in [0, 0.1) is 0 Å². The summed E-state index contributed by atoms with van der Waals surface area (Å²) in [6, 6.07) is 7.78. The lowest BCUT2D eigenvalue weighted by Crippen LogP contribution is -2.48. The van der Waals surface area contributed by atoms with E-state index in [4.69, 9.17) is 9.15 Å². The summed E-state index contributed by atoms with van der Waals surface area (Å²) < 4.78 is 11.5. The van der Waals surface area contributed by atoms with Gasteiger partial charge in [0.2, 0.25) is 18.2 Å². The molecule has 2 heterocycles. The van der Waals surface area contributed by atoms with Crippen molar-refractivity contribution in [2.75, 3.05) is 37.6 Å². The van der Waals surface area contributed by atoms with Gasteiger partial charge >= 0.3 is 0 Å². The molecule has 1 saturated heterocycles. The normalized spacial score (nSPS) is 14.8. The topological polar surface area (TPSA) is 112 Å². The predicted octanol–water partition coefficient (Wildman–Crippen LogP) is 2.83. The molecular weight excluding hydrogens is 426 g/mol. The summed E-state index contributed by atoms with van der Waals surface area (Å²) in [7, 11) is 0. The number of hydroxylamine groups is 2. The molecule has 2 amide bonds. The molecule has 1 atom stereocenters. The van der Waals surface area contributed by atoms with Gasteiger partial charge in [-0.3, -0.25) is 14.8 Å². The largest absolute Gasteiger partial charge is 0.484 e. The van der Waals surface area contributed by atoms with E-state index in [9.17, 15) is 14.8 Å². The SMILES string of the molecule is CCCCCC(CN(O)C=O)c1nnc(COc2ccc(N3CCN(C(C)=O)CC3)cc2)o1. The molecule has 0 bridgehead atoms. The third-order valence-corrected chi connectivity index (χ3v) is 5.81. The van der Waals surface area contributed by atoms with Crippen LogP contribution < -0.4 is 9.64 Å².